The number of aromatic amines is 1. The van der Waals surface area contributed by atoms with Gasteiger partial charge in [-0.1, -0.05) is 48.5 Å². The first kappa shape index (κ1) is 14.3. The van der Waals surface area contributed by atoms with E-state index < -0.39 is 0 Å². The van der Waals surface area contributed by atoms with Crippen molar-refractivity contribution in [2.75, 3.05) is 4.90 Å². The van der Waals surface area contributed by atoms with Crippen molar-refractivity contribution >= 4 is 29.3 Å². The van der Waals surface area contributed by atoms with Crippen molar-refractivity contribution in [2.24, 2.45) is 0 Å². The molecule has 1 aromatic heterocycles. The predicted molar refractivity (Wildman–Crippen MR) is 98.1 cm³/mol. The second-order valence-corrected chi connectivity index (χ2v) is 5.60. The summed E-state index contributed by atoms with van der Waals surface area (Å²) in [4.78, 5) is 17.7. The van der Waals surface area contributed by atoms with Crippen LogP contribution in [0.4, 0.5) is 5.69 Å². The van der Waals surface area contributed by atoms with Crippen LogP contribution in [0.1, 0.15) is 16.8 Å². The van der Waals surface area contributed by atoms with Gasteiger partial charge in [-0.2, -0.15) is 0 Å². The lowest BCUT2D eigenvalue weighted by Crippen LogP contribution is -2.19. The van der Waals surface area contributed by atoms with Crippen molar-refractivity contribution < 1.29 is 4.79 Å². The molecule has 0 aliphatic carbocycles. The lowest BCUT2D eigenvalue weighted by Gasteiger charge is -2.11. The van der Waals surface area contributed by atoms with E-state index in [0.29, 0.717) is 5.57 Å². The molecule has 0 spiro atoms. The molecule has 1 aliphatic rings. The van der Waals surface area contributed by atoms with E-state index in [1.54, 1.807) is 4.90 Å². The van der Waals surface area contributed by atoms with Crippen LogP contribution in [-0.2, 0) is 4.79 Å². The summed E-state index contributed by atoms with van der Waals surface area (Å²) in [6, 6.07) is 21.7. The largest absolute Gasteiger partial charge is 0.362 e. The molecule has 0 bridgehead atoms. The van der Waals surface area contributed by atoms with Crippen LogP contribution in [0.2, 0.25) is 0 Å². The first-order valence-electron chi connectivity index (χ1n) is 7.84. The minimum absolute atomic E-state index is 0.0158. The third kappa shape index (κ3) is 2.57. The fraction of sp³-hybridized carbons (Fsp3) is 0. The first-order chi connectivity index (χ1) is 11.8. The Kier molecular flexibility index (Phi) is 3.60. The summed E-state index contributed by atoms with van der Waals surface area (Å²) in [5, 5.41) is 0. The predicted octanol–water partition coefficient (Wildman–Crippen LogP) is 4.57. The fourth-order valence-electron chi connectivity index (χ4n) is 2.87. The van der Waals surface area contributed by atoms with Gasteiger partial charge >= 0.3 is 0 Å². The minimum atomic E-state index is -0.0158. The Morgan fingerprint density at radius 3 is 2.46 bits per heavy atom. The second kappa shape index (κ2) is 6.05. The number of amides is 1. The first-order valence-corrected chi connectivity index (χ1v) is 7.84. The van der Waals surface area contributed by atoms with Crippen molar-refractivity contribution in [2.45, 2.75) is 0 Å². The Hall–Kier alpha value is -3.33. The zero-order valence-corrected chi connectivity index (χ0v) is 13.0. The number of nitrogens with zero attached hydrogens (tertiary/aromatic N) is 1. The minimum Gasteiger partial charge on any atom is -0.362 e. The van der Waals surface area contributed by atoms with E-state index in [4.69, 9.17) is 0 Å². The van der Waals surface area contributed by atoms with E-state index in [0.717, 1.165) is 22.5 Å². The van der Waals surface area contributed by atoms with Crippen LogP contribution in [0.3, 0.4) is 0 Å². The maximum absolute atomic E-state index is 12.9. The number of rotatable bonds is 3. The number of hydrogen-bond donors (Lipinski definition) is 1. The number of para-hydroxylation sites is 1. The molecule has 1 aliphatic heterocycles. The lowest BCUT2D eigenvalue weighted by atomic mass is 10.1. The molecular weight excluding hydrogens is 296 g/mol. The molecule has 0 atom stereocenters. The molecule has 0 radical (unpaired) electrons. The highest BCUT2D eigenvalue weighted by atomic mass is 16.2. The summed E-state index contributed by atoms with van der Waals surface area (Å²) in [6.07, 6.45) is 7.54. The van der Waals surface area contributed by atoms with Crippen molar-refractivity contribution in [1.82, 2.24) is 4.98 Å². The average molecular weight is 312 g/mol. The fourth-order valence-corrected chi connectivity index (χ4v) is 2.87. The Balaban J connectivity index is 1.74. The van der Waals surface area contributed by atoms with Gasteiger partial charge in [0, 0.05) is 23.7 Å². The van der Waals surface area contributed by atoms with Crippen molar-refractivity contribution in [1.29, 1.82) is 0 Å². The maximum atomic E-state index is 12.9. The van der Waals surface area contributed by atoms with Gasteiger partial charge in [-0.25, -0.2) is 0 Å². The van der Waals surface area contributed by atoms with E-state index in [-0.39, 0.29) is 5.91 Å². The SMILES string of the molecule is O=C1C(=Cc2ccc[nH]2)c2ccccc2N1/C=C/c1ccccc1. The third-order valence-corrected chi connectivity index (χ3v) is 4.04. The highest BCUT2D eigenvalue weighted by Gasteiger charge is 2.30. The van der Waals surface area contributed by atoms with Crippen LogP contribution >= 0.6 is 0 Å². The number of anilines is 1. The molecule has 0 unspecified atom stereocenters. The van der Waals surface area contributed by atoms with Crippen LogP contribution in [0.15, 0.2) is 79.1 Å². The highest BCUT2D eigenvalue weighted by molar-refractivity contribution is 6.36. The molecule has 3 aromatic rings. The van der Waals surface area contributed by atoms with Gasteiger partial charge in [0.05, 0.1) is 11.3 Å². The summed E-state index contributed by atoms with van der Waals surface area (Å²) in [7, 11) is 0. The monoisotopic (exact) mass is 312 g/mol. The number of aromatic nitrogens is 1. The Bertz CT molecular complexity index is 921. The standard InChI is InChI=1S/C21H16N2O/c24-21-19(15-17-9-6-13-22-17)18-10-4-5-11-20(18)23(21)14-12-16-7-2-1-3-8-16/h1-15,22H/b14-12+,19-15?. The highest BCUT2D eigenvalue weighted by Crippen LogP contribution is 2.37. The zero-order chi connectivity index (χ0) is 16.4. The Labute approximate surface area is 140 Å². The molecule has 2 heterocycles. The summed E-state index contributed by atoms with van der Waals surface area (Å²) in [6.45, 7) is 0. The maximum Gasteiger partial charge on any atom is 0.263 e. The second-order valence-electron chi connectivity index (χ2n) is 5.60. The summed E-state index contributed by atoms with van der Waals surface area (Å²) in [5.41, 5.74) is 4.54. The van der Waals surface area contributed by atoms with Crippen LogP contribution in [0, 0.1) is 0 Å². The number of H-pyrrole nitrogens is 1. The summed E-state index contributed by atoms with van der Waals surface area (Å²) >= 11 is 0. The molecule has 1 amide bonds. The van der Waals surface area contributed by atoms with Crippen LogP contribution in [-0.4, -0.2) is 10.9 Å². The van der Waals surface area contributed by atoms with Crippen LogP contribution in [0.25, 0.3) is 17.7 Å². The Morgan fingerprint density at radius 1 is 0.875 bits per heavy atom. The molecular formula is C21H16N2O. The van der Waals surface area contributed by atoms with Crippen molar-refractivity contribution in [3.8, 4) is 0 Å². The molecule has 116 valence electrons. The molecule has 0 fully saturated rings. The zero-order valence-electron chi connectivity index (χ0n) is 13.0. The number of benzene rings is 2. The molecule has 3 heteroatoms. The quantitative estimate of drug-likeness (QED) is 0.706. The molecule has 4 rings (SSSR count). The molecule has 0 saturated carbocycles. The third-order valence-electron chi connectivity index (χ3n) is 4.04. The van der Waals surface area contributed by atoms with E-state index in [9.17, 15) is 4.79 Å². The lowest BCUT2D eigenvalue weighted by molar-refractivity contribution is -0.112. The summed E-state index contributed by atoms with van der Waals surface area (Å²) in [5.74, 6) is -0.0158. The van der Waals surface area contributed by atoms with Crippen LogP contribution in [0.5, 0.6) is 0 Å². The Morgan fingerprint density at radius 2 is 1.67 bits per heavy atom. The van der Waals surface area contributed by atoms with Gasteiger partial charge in [0.1, 0.15) is 0 Å². The topological polar surface area (TPSA) is 36.1 Å². The number of carbonyl (C=O) groups is 1. The van der Waals surface area contributed by atoms with Gasteiger partial charge in [0.25, 0.3) is 5.91 Å². The molecule has 1 N–H and O–H groups in total. The number of fused-ring (bicyclic) bond motifs is 1. The number of carbonyl (C=O) groups excluding carboxylic acids is 1. The van der Waals surface area contributed by atoms with Gasteiger partial charge in [-0.3, -0.25) is 9.69 Å². The molecule has 0 saturated heterocycles. The molecule has 24 heavy (non-hydrogen) atoms. The molecule has 2 aromatic carbocycles. The average Bonchev–Trinajstić information content (AvgIpc) is 3.22. The van der Waals surface area contributed by atoms with E-state index >= 15 is 0 Å². The van der Waals surface area contributed by atoms with E-state index in [1.807, 2.05) is 91.3 Å². The molecule has 3 nitrogen and oxygen atoms in total. The summed E-state index contributed by atoms with van der Waals surface area (Å²) < 4.78 is 0. The van der Waals surface area contributed by atoms with Gasteiger partial charge in [0.15, 0.2) is 0 Å². The smallest absolute Gasteiger partial charge is 0.263 e. The van der Waals surface area contributed by atoms with Gasteiger partial charge in [-0.05, 0) is 35.9 Å². The van der Waals surface area contributed by atoms with Crippen LogP contribution < -0.4 is 4.90 Å². The van der Waals surface area contributed by atoms with Gasteiger partial charge in [-0.15, -0.1) is 0 Å². The number of nitrogens with one attached hydrogen (secondary N) is 1. The van der Waals surface area contributed by atoms with Gasteiger partial charge < -0.3 is 4.98 Å². The van der Waals surface area contributed by atoms with Gasteiger partial charge in [0.2, 0.25) is 0 Å². The van der Waals surface area contributed by atoms with Crippen molar-refractivity contribution in [3.63, 3.8) is 0 Å². The normalized spacial score (nSPS) is 15.4. The van der Waals surface area contributed by atoms with E-state index in [2.05, 4.69) is 4.98 Å². The number of hydrogen-bond acceptors (Lipinski definition) is 1. The van der Waals surface area contributed by atoms with E-state index in [1.165, 1.54) is 0 Å². The van der Waals surface area contributed by atoms with Crippen molar-refractivity contribution in [3.05, 3.63) is 95.9 Å².